The summed E-state index contributed by atoms with van der Waals surface area (Å²) in [6.45, 7) is 5.61. The predicted octanol–water partition coefficient (Wildman–Crippen LogP) is 3.00. The van der Waals surface area contributed by atoms with Crippen LogP contribution in [-0.2, 0) is 10.4 Å². The minimum Gasteiger partial charge on any atom is -0.377 e. The van der Waals surface area contributed by atoms with Crippen molar-refractivity contribution in [3.63, 3.8) is 0 Å². The van der Waals surface area contributed by atoms with Gasteiger partial charge in [0.2, 0.25) is 0 Å². The molecule has 0 radical (unpaired) electrons. The molecule has 0 amide bonds. The quantitative estimate of drug-likeness (QED) is 0.848. The molecule has 2 rings (SSSR count). The lowest BCUT2D eigenvalue weighted by molar-refractivity contribution is -0.135. The molecule has 1 unspecified atom stereocenters. The molecule has 0 aliphatic heterocycles. The van der Waals surface area contributed by atoms with Crippen LogP contribution in [0, 0.1) is 0 Å². The summed E-state index contributed by atoms with van der Waals surface area (Å²) in [6.07, 6.45) is 4.23. The van der Waals surface area contributed by atoms with Crippen molar-refractivity contribution in [1.29, 1.82) is 0 Å². The van der Waals surface area contributed by atoms with Crippen LogP contribution in [0.25, 0.3) is 6.08 Å². The Balaban J connectivity index is 2.72. The lowest BCUT2D eigenvalue weighted by atomic mass is 9.76. The van der Waals surface area contributed by atoms with Crippen LogP contribution in [-0.4, -0.2) is 10.9 Å². The van der Waals surface area contributed by atoms with Gasteiger partial charge in [-0.1, -0.05) is 44.2 Å². The summed E-state index contributed by atoms with van der Waals surface area (Å²) in [7, 11) is 0. The fraction of sp³-hybridized carbons (Fsp3) is 0.400. The van der Waals surface area contributed by atoms with Gasteiger partial charge in [-0.2, -0.15) is 0 Å². The minimum absolute atomic E-state index is 0.184. The van der Waals surface area contributed by atoms with E-state index in [9.17, 15) is 9.90 Å². The summed E-state index contributed by atoms with van der Waals surface area (Å²) in [4.78, 5) is 11.8. The summed E-state index contributed by atoms with van der Waals surface area (Å²) in [5.41, 5.74) is 1.47. The van der Waals surface area contributed by atoms with E-state index < -0.39 is 5.60 Å². The number of ketones is 1. The zero-order chi connectivity index (χ0) is 12.6. The highest BCUT2D eigenvalue weighted by molar-refractivity contribution is 5.89. The van der Waals surface area contributed by atoms with Gasteiger partial charge in [-0.05, 0) is 24.0 Å². The maximum atomic E-state index is 11.8. The summed E-state index contributed by atoms with van der Waals surface area (Å²) in [5.74, 6) is 0.110. The van der Waals surface area contributed by atoms with Crippen LogP contribution in [0.2, 0.25) is 0 Å². The molecule has 1 aromatic carbocycles. The number of benzene rings is 1. The molecule has 0 saturated heterocycles. The van der Waals surface area contributed by atoms with Crippen molar-refractivity contribution in [1.82, 2.24) is 0 Å². The fourth-order valence-electron chi connectivity index (χ4n) is 2.46. The monoisotopic (exact) mass is 230 g/mol. The highest BCUT2D eigenvalue weighted by Crippen LogP contribution is 2.39. The topological polar surface area (TPSA) is 37.3 Å². The van der Waals surface area contributed by atoms with E-state index in [2.05, 4.69) is 13.8 Å². The van der Waals surface area contributed by atoms with Gasteiger partial charge in [0, 0.05) is 12.0 Å². The van der Waals surface area contributed by atoms with Gasteiger partial charge in [-0.15, -0.1) is 0 Å². The van der Waals surface area contributed by atoms with E-state index in [0.29, 0.717) is 12.3 Å². The molecular formula is C15H18O2. The fourth-order valence-corrected chi connectivity index (χ4v) is 2.46. The van der Waals surface area contributed by atoms with Crippen LogP contribution >= 0.6 is 0 Å². The normalized spacial score (nSPS) is 22.6. The smallest absolute Gasteiger partial charge is 0.166 e. The highest BCUT2D eigenvalue weighted by Gasteiger charge is 2.39. The number of fused-ring (bicyclic) bond motifs is 1. The summed E-state index contributed by atoms with van der Waals surface area (Å²) >= 11 is 0. The van der Waals surface area contributed by atoms with Gasteiger partial charge >= 0.3 is 0 Å². The zero-order valence-corrected chi connectivity index (χ0v) is 10.5. The Bertz CT molecular complexity index is 486. The number of hydrogen-bond donors (Lipinski definition) is 1. The second-order valence-corrected chi connectivity index (χ2v) is 4.99. The van der Waals surface area contributed by atoms with Gasteiger partial charge in [-0.25, -0.2) is 0 Å². The van der Waals surface area contributed by atoms with Crippen molar-refractivity contribution < 1.29 is 9.90 Å². The van der Waals surface area contributed by atoms with Crippen molar-refractivity contribution in [3.8, 4) is 0 Å². The van der Waals surface area contributed by atoms with Crippen molar-refractivity contribution in [2.75, 3.05) is 0 Å². The van der Waals surface area contributed by atoms with Gasteiger partial charge in [0.05, 0.1) is 0 Å². The Hall–Kier alpha value is -1.41. The lowest BCUT2D eigenvalue weighted by Crippen LogP contribution is -2.36. The van der Waals surface area contributed by atoms with Crippen LogP contribution in [0.5, 0.6) is 0 Å². The molecule has 1 aliphatic carbocycles. The average molecular weight is 230 g/mol. The van der Waals surface area contributed by atoms with E-state index in [4.69, 9.17) is 0 Å². The molecule has 1 aliphatic rings. The Morgan fingerprint density at radius 2 is 2.12 bits per heavy atom. The summed E-state index contributed by atoms with van der Waals surface area (Å²) in [6, 6.07) is 5.92. The second-order valence-electron chi connectivity index (χ2n) is 4.99. The molecule has 2 nitrogen and oxygen atoms in total. The largest absolute Gasteiger partial charge is 0.377 e. The molecule has 1 aromatic rings. The Labute approximate surface area is 102 Å². The van der Waals surface area contributed by atoms with Crippen LogP contribution in [0.1, 0.15) is 49.8 Å². The molecule has 0 spiro atoms. The van der Waals surface area contributed by atoms with Crippen molar-refractivity contribution >= 4 is 11.9 Å². The maximum Gasteiger partial charge on any atom is 0.166 e. The number of carbonyl (C=O) groups is 1. The van der Waals surface area contributed by atoms with Gasteiger partial charge in [-0.3, -0.25) is 4.79 Å². The zero-order valence-electron chi connectivity index (χ0n) is 10.5. The molecule has 0 saturated carbocycles. The molecular weight excluding hydrogens is 212 g/mol. The molecule has 0 fully saturated rings. The van der Waals surface area contributed by atoms with Crippen LogP contribution < -0.4 is 0 Å². The summed E-state index contributed by atoms with van der Waals surface area (Å²) in [5, 5.41) is 10.6. The van der Waals surface area contributed by atoms with Crippen molar-refractivity contribution in [3.05, 3.63) is 41.0 Å². The first-order chi connectivity index (χ1) is 7.97. The SMILES string of the molecule is CC(=O)C1(O)CC=Cc2cccc(C(C)C)c21. The van der Waals surface area contributed by atoms with Gasteiger partial charge in [0.1, 0.15) is 0 Å². The first-order valence-electron chi connectivity index (χ1n) is 6.00. The molecule has 90 valence electrons. The Kier molecular flexibility index (Phi) is 2.92. The highest BCUT2D eigenvalue weighted by atomic mass is 16.3. The van der Waals surface area contributed by atoms with Gasteiger partial charge < -0.3 is 5.11 Å². The number of Topliss-reactive ketones (excluding diaryl/α,β-unsaturated/α-hetero) is 1. The van der Waals surface area contributed by atoms with Crippen molar-refractivity contribution in [2.45, 2.75) is 38.7 Å². The molecule has 2 heteroatoms. The van der Waals surface area contributed by atoms with E-state index in [-0.39, 0.29) is 5.78 Å². The van der Waals surface area contributed by atoms with Crippen LogP contribution in [0.15, 0.2) is 24.3 Å². The first-order valence-corrected chi connectivity index (χ1v) is 6.00. The number of carbonyl (C=O) groups excluding carboxylic acids is 1. The lowest BCUT2D eigenvalue weighted by Gasteiger charge is -2.32. The van der Waals surface area contributed by atoms with Crippen molar-refractivity contribution in [2.24, 2.45) is 0 Å². The number of rotatable bonds is 2. The molecule has 0 heterocycles. The number of hydrogen-bond acceptors (Lipinski definition) is 2. The average Bonchev–Trinajstić information content (AvgIpc) is 2.28. The van der Waals surface area contributed by atoms with E-state index in [1.54, 1.807) is 0 Å². The molecule has 17 heavy (non-hydrogen) atoms. The minimum atomic E-state index is -1.34. The van der Waals surface area contributed by atoms with E-state index in [0.717, 1.165) is 16.7 Å². The number of aliphatic hydroxyl groups is 1. The third kappa shape index (κ3) is 1.83. The Morgan fingerprint density at radius 3 is 2.71 bits per heavy atom. The summed E-state index contributed by atoms with van der Waals surface area (Å²) < 4.78 is 0. The standard InChI is InChI=1S/C15H18O2/c1-10(2)13-8-4-6-12-7-5-9-15(17,11(3)16)14(12)13/h4-8,10,17H,9H2,1-3H3. The Morgan fingerprint density at radius 1 is 1.41 bits per heavy atom. The van der Waals surface area contributed by atoms with E-state index >= 15 is 0 Å². The first kappa shape index (κ1) is 12.1. The van der Waals surface area contributed by atoms with Gasteiger partial charge in [0.15, 0.2) is 11.4 Å². The predicted molar refractivity (Wildman–Crippen MR) is 68.8 cm³/mol. The molecule has 0 aromatic heterocycles. The third-order valence-corrected chi connectivity index (χ3v) is 3.46. The molecule has 0 bridgehead atoms. The van der Waals surface area contributed by atoms with E-state index in [1.807, 2.05) is 30.4 Å². The van der Waals surface area contributed by atoms with Crippen LogP contribution in [0.4, 0.5) is 0 Å². The molecule has 1 N–H and O–H groups in total. The molecule has 1 atom stereocenters. The van der Waals surface area contributed by atoms with Gasteiger partial charge in [0.25, 0.3) is 0 Å². The van der Waals surface area contributed by atoms with Crippen LogP contribution in [0.3, 0.4) is 0 Å². The maximum absolute atomic E-state index is 11.8. The van der Waals surface area contributed by atoms with E-state index in [1.165, 1.54) is 6.92 Å². The second kappa shape index (κ2) is 4.11. The third-order valence-electron chi connectivity index (χ3n) is 3.46.